The van der Waals surface area contributed by atoms with E-state index >= 15 is 0 Å². The van der Waals surface area contributed by atoms with Gasteiger partial charge in [-0.2, -0.15) is 5.10 Å². The minimum Gasteiger partial charge on any atom is -0.304 e. The van der Waals surface area contributed by atoms with Crippen molar-refractivity contribution in [2.75, 3.05) is 0 Å². The number of pyridine rings is 1. The Balaban J connectivity index is 2.27. The van der Waals surface area contributed by atoms with Crippen LogP contribution in [0.1, 0.15) is 0 Å². The zero-order valence-electron chi connectivity index (χ0n) is 8.93. The number of nitrogens with zero attached hydrogens (tertiary/aromatic N) is 4. The molecule has 3 heterocycles. The van der Waals surface area contributed by atoms with Gasteiger partial charge in [0.1, 0.15) is 5.69 Å². The summed E-state index contributed by atoms with van der Waals surface area (Å²) >= 11 is 12.0. The van der Waals surface area contributed by atoms with Crippen LogP contribution in [0.25, 0.3) is 17.0 Å². The first-order chi connectivity index (χ1) is 8.15. The van der Waals surface area contributed by atoms with Crippen LogP contribution in [0.5, 0.6) is 0 Å². The summed E-state index contributed by atoms with van der Waals surface area (Å²) in [6.07, 6.45) is 5.38. The molecular formula is C11H8Cl2N4. The van der Waals surface area contributed by atoms with Gasteiger partial charge in [0.05, 0.1) is 15.7 Å². The van der Waals surface area contributed by atoms with Crippen molar-refractivity contribution in [2.24, 2.45) is 7.05 Å². The molecule has 0 radical (unpaired) electrons. The molecule has 0 spiro atoms. The molecule has 0 aromatic carbocycles. The molecule has 6 heteroatoms. The summed E-state index contributed by atoms with van der Waals surface area (Å²) in [4.78, 5) is 4.47. The molecule has 3 aromatic rings. The topological polar surface area (TPSA) is 35.1 Å². The zero-order valence-corrected chi connectivity index (χ0v) is 10.4. The van der Waals surface area contributed by atoms with E-state index in [1.54, 1.807) is 23.1 Å². The van der Waals surface area contributed by atoms with E-state index in [1.165, 1.54) is 0 Å². The number of fused-ring (bicyclic) bond motifs is 1. The van der Waals surface area contributed by atoms with Crippen LogP contribution in [0.3, 0.4) is 0 Å². The lowest BCUT2D eigenvalue weighted by Gasteiger charge is -1.95. The SMILES string of the molecule is Cn1nccc1-c1cn2cc(Cl)cc(Cl)c2n1. The van der Waals surface area contributed by atoms with Crippen LogP contribution in [0.2, 0.25) is 10.0 Å². The third kappa shape index (κ3) is 1.69. The van der Waals surface area contributed by atoms with Crippen molar-refractivity contribution in [3.63, 3.8) is 0 Å². The van der Waals surface area contributed by atoms with E-state index in [-0.39, 0.29) is 0 Å². The highest BCUT2D eigenvalue weighted by molar-refractivity contribution is 6.36. The highest BCUT2D eigenvalue weighted by Gasteiger charge is 2.10. The van der Waals surface area contributed by atoms with Gasteiger partial charge in [0.15, 0.2) is 5.65 Å². The minimum atomic E-state index is 0.533. The van der Waals surface area contributed by atoms with E-state index in [2.05, 4.69) is 10.1 Å². The van der Waals surface area contributed by atoms with Crippen molar-refractivity contribution < 1.29 is 0 Å². The van der Waals surface area contributed by atoms with Crippen LogP contribution in [0.4, 0.5) is 0 Å². The van der Waals surface area contributed by atoms with Crippen LogP contribution in [-0.4, -0.2) is 19.2 Å². The quantitative estimate of drug-likeness (QED) is 0.679. The molecule has 86 valence electrons. The van der Waals surface area contributed by atoms with Crippen molar-refractivity contribution in [3.05, 3.63) is 40.8 Å². The van der Waals surface area contributed by atoms with Gasteiger partial charge in [-0.25, -0.2) is 4.98 Å². The van der Waals surface area contributed by atoms with E-state index < -0.39 is 0 Å². The Morgan fingerprint density at radius 1 is 1.24 bits per heavy atom. The summed E-state index contributed by atoms with van der Waals surface area (Å²) in [5, 5.41) is 5.22. The first kappa shape index (κ1) is 10.6. The summed E-state index contributed by atoms with van der Waals surface area (Å²) < 4.78 is 3.57. The molecule has 0 aliphatic rings. The number of hydrogen-bond donors (Lipinski definition) is 0. The first-order valence-electron chi connectivity index (χ1n) is 4.97. The van der Waals surface area contributed by atoms with E-state index in [4.69, 9.17) is 23.2 Å². The Labute approximate surface area is 107 Å². The van der Waals surface area contributed by atoms with Crippen molar-refractivity contribution in [1.82, 2.24) is 19.2 Å². The molecule has 0 atom stereocenters. The number of aromatic nitrogens is 4. The van der Waals surface area contributed by atoms with Crippen LogP contribution < -0.4 is 0 Å². The number of hydrogen-bond acceptors (Lipinski definition) is 2. The number of halogens is 2. The molecule has 3 aromatic heterocycles. The monoisotopic (exact) mass is 266 g/mol. The van der Waals surface area contributed by atoms with Gasteiger partial charge in [-0.05, 0) is 12.1 Å². The zero-order chi connectivity index (χ0) is 12.0. The molecule has 0 amide bonds. The largest absolute Gasteiger partial charge is 0.304 e. The van der Waals surface area contributed by atoms with Crippen molar-refractivity contribution in [3.8, 4) is 11.4 Å². The van der Waals surface area contributed by atoms with E-state index in [0.717, 1.165) is 11.4 Å². The second-order valence-electron chi connectivity index (χ2n) is 3.70. The van der Waals surface area contributed by atoms with Gasteiger partial charge in [-0.15, -0.1) is 0 Å². The molecular weight excluding hydrogens is 259 g/mol. The van der Waals surface area contributed by atoms with Crippen LogP contribution >= 0.6 is 23.2 Å². The van der Waals surface area contributed by atoms with Crippen LogP contribution in [0, 0.1) is 0 Å². The lowest BCUT2D eigenvalue weighted by Crippen LogP contribution is -1.92. The molecule has 0 bridgehead atoms. The van der Waals surface area contributed by atoms with Gasteiger partial charge in [-0.1, -0.05) is 23.2 Å². The smallest absolute Gasteiger partial charge is 0.156 e. The fourth-order valence-corrected chi connectivity index (χ4v) is 2.30. The van der Waals surface area contributed by atoms with Crippen LogP contribution in [0.15, 0.2) is 30.7 Å². The van der Waals surface area contributed by atoms with Crippen LogP contribution in [-0.2, 0) is 7.05 Å². The summed E-state index contributed by atoms with van der Waals surface area (Å²) in [5.41, 5.74) is 2.43. The molecule has 0 N–H and O–H groups in total. The van der Waals surface area contributed by atoms with Gasteiger partial charge in [0.2, 0.25) is 0 Å². The minimum absolute atomic E-state index is 0.533. The fraction of sp³-hybridized carbons (Fsp3) is 0.0909. The molecule has 3 rings (SSSR count). The molecule has 0 saturated carbocycles. The Morgan fingerprint density at radius 2 is 2.06 bits per heavy atom. The molecule has 17 heavy (non-hydrogen) atoms. The highest BCUT2D eigenvalue weighted by atomic mass is 35.5. The predicted octanol–water partition coefficient (Wildman–Crippen LogP) is 3.04. The normalized spacial score (nSPS) is 11.2. The number of aryl methyl sites for hydroxylation is 1. The third-order valence-electron chi connectivity index (χ3n) is 2.56. The lowest BCUT2D eigenvalue weighted by atomic mass is 10.3. The molecule has 0 aliphatic carbocycles. The molecule has 4 nitrogen and oxygen atoms in total. The second kappa shape index (κ2) is 3.75. The Morgan fingerprint density at radius 3 is 2.76 bits per heavy atom. The third-order valence-corrected chi connectivity index (χ3v) is 3.04. The van der Waals surface area contributed by atoms with E-state index in [9.17, 15) is 0 Å². The van der Waals surface area contributed by atoms with Crippen molar-refractivity contribution in [1.29, 1.82) is 0 Å². The maximum Gasteiger partial charge on any atom is 0.156 e. The summed E-state index contributed by atoms with van der Waals surface area (Å²) in [7, 11) is 1.87. The van der Waals surface area contributed by atoms with E-state index in [1.807, 2.05) is 23.7 Å². The Bertz CT molecular complexity index is 699. The standard InChI is InChI=1S/C11H8Cl2N4/c1-16-10(2-3-14-16)9-6-17-5-7(12)4-8(13)11(17)15-9/h2-6H,1H3. The van der Waals surface area contributed by atoms with Crippen molar-refractivity contribution in [2.45, 2.75) is 0 Å². The predicted molar refractivity (Wildman–Crippen MR) is 67.4 cm³/mol. The van der Waals surface area contributed by atoms with Gasteiger partial charge in [-0.3, -0.25) is 4.68 Å². The number of imidazole rings is 1. The maximum absolute atomic E-state index is 6.09. The maximum atomic E-state index is 6.09. The summed E-state index contributed by atoms with van der Waals surface area (Å²) in [5.74, 6) is 0. The second-order valence-corrected chi connectivity index (χ2v) is 4.55. The van der Waals surface area contributed by atoms with Gasteiger partial charge >= 0.3 is 0 Å². The fourth-order valence-electron chi connectivity index (χ4n) is 1.77. The summed E-state index contributed by atoms with van der Waals surface area (Å²) in [6.45, 7) is 0. The van der Waals surface area contributed by atoms with Gasteiger partial charge < -0.3 is 4.40 Å². The number of rotatable bonds is 1. The first-order valence-corrected chi connectivity index (χ1v) is 5.73. The molecule has 0 saturated heterocycles. The van der Waals surface area contributed by atoms with E-state index in [0.29, 0.717) is 15.7 Å². The molecule has 0 unspecified atom stereocenters. The molecule has 0 fully saturated rings. The average molecular weight is 267 g/mol. The van der Waals surface area contributed by atoms with Gasteiger partial charge in [0.25, 0.3) is 0 Å². The highest BCUT2D eigenvalue weighted by Crippen LogP contribution is 2.25. The Hall–Kier alpha value is -1.52. The molecule has 0 aliphatic heterocycles. The summed E-state index contributed by atoms with van der Waals surface area (Å²) in [6, 6.07) is 3.58. The van der Waals surface area contributed by atoms with Gasteiger partial charge in [0, 0.05) is 25.6 Å². The Kier molecular flexibility index (Phi) is 2.34. The van der Waals surface area contributed by atoms with Crippen molar-refractivity contribution >= 4 is 28.8 Å². The average Bonchev–Trinajstić information content (AvgIpc) is 2.83. The lowest BCUT2D eigenvalue weighted by molar-refractivity contribution is 0.774.